The third-order valence-electron chi connectivity index (χ3n) is 2.97. The molecular weight excluding hydrogens is 204 g/mol. The maximum Gasteiger partial charge on any atom is 0.292 e. The molecule has 1 aromatic heterocycles. The molecule has 4 heteroatoms. The molecule has 1 aliphatic heterocycles. The van der Waals surface area contributed by atoms with E-state index in [9.17, 15) is 4.79 Å². The normalized spacial score (nSPS) is 16.8. The zero-order valence-electron chi connectivity index (χ0n) is 9.90. The molecule has 0 aromatic carbocycles. The van der Waals surface area contributed by atoms with Crippen LogP contribution in [0.1, 0.15) is 55.3 Å². The molecule has 88 valence electrons. The van der Waals surface area contributed by atoms with Crippen molar-refractivity contribution >= 4 is 5.91 Å². The standard InChI is InChI=1S/C12H18N2O2/c1-9(2)10-8-11(16-13-10)12(15)14-6-4-3-5-7-14/h8-9H,3-7H2,1-2H3. The summed E-state index contributed by atoms with van der Waals surface area (Å²) in [5, 5.41) is 3.91. The van der Waals surface area contributed by atoms with E-state index in [2.05, 4.69) is 5.16 Å². The molecular formula is C12H18N2O2. The third-order valence-corrected chi connectivity index (χ3v) is 2.97. The van der Waals surface area contributed by atoms with Gasteiger partial charge in [-0.05, 0) is 25.2 Å². The first-order valence-corrected chi connectivity index (χ1v) is 5.94. The topological polar surface area (TPSA) is 46.3 Å². The molecule has 1 saturated heterocycles. The molecule has 2 heterocycles. The number of amides is 1. The number of hydrogen-bond donors (Lipinski definition) is 0. The van der Waals surface area contributed by atoms with Gasteiger partial charge in [0.2, 0.25) is 5.76 Å². The van der Waals surface area contributed by atoms with Crippen molar-refractivity contribution < 1.29 is 9.32 Å². The SMILES string of the molecule is CC(C)c1cc(C(=O)N2CCCCC2)on1. The fourth-order valence-electron chi connectivity index (χ4n) is 1.91. The summed E-state index contributed by atoms with van der Waals surface area (Å²) in [5.41, 5.74) is 0.848. The van der Waals surface area contributed by atoms with E-state index in [0.717, 1.165) is 31.6 Å². The van der Waals surface area contributed by atoms with Gasteiger partial charge in [-0.1, -0.05) is 19.0 Å². The average molecular weight is 222 g/mol. The molecule has 0 atom stereocenters. The summed E-state index contributed by atoms with van der Waals surface area (Å²) in [4.78, 5) is 13.9. The monoisotopic (exact) mass is 222 g/mol. The summed E-state index contributed by atoms with van der Waals surface area (Å²) in [5.74, 6) is 0.663. The summed E-state index contributed by atoms with van der Waals surface area (Å²) in [7, 11) is 0. The molecule has 1 aromatic rings. The van der Waals surface area contributed by atoms with Crippen LogP contribution >= 0.6 is 0 Å². The summed E-state index contributed by atoms with van der Waals surface area (Å²) in [6.07, 6.45) is 3.41. The van der Waals surface area contributed by atoms with E-state index in [-0.39, 0.29) is 5.91 Å². The number of likely N-dealkylation sites (tertiary alicyclic amines) is 1. The van der Waals surface area contributed by atoms with Gasteiger partial charge in [0.15, 0.2) is 0 Å². The predicted octanol–water partition coefficient (Wildman–Crippen LogP) is 2.42. The van der Waals surface area contributed by atoms with Gasteiger partial charge in [0.05, 0.1) is 5.69 Å². The second-order valence-corrected chi connectivity index (χ2v) is 4.62. The van der Waals surface area contributed by atoms with Crippen LogP contribution in [0.4, 0.5) is 0 Å². The van der Waals surface area contributed by atoms with Gasteiger partial charge in [-0.15, -0.1) is 0 Å². The minimum atomic E-state index is -0.0147. The van der Waals surface area contributed by atoms with E-state index in [1.54, 1.807) is 6.07 Å². The molecule has 0 unspecified atom stereocenters. The lowest BCUT2D eigenvalue weighted by Crippen LogP contribution is -2.35. The Balaban J connectivity index is 2.07. The number of carbonyl (C=O) groups is 1. The summed E-state index contributed by atoms with van der Waals surface area (Å²) in [6.45, 7) is 5.76. The van der Waals surface area contributed by atoms with Crippen LogP contribution < -0.4 is 0 Å². The largest absolute Gasteiger partial charge is 0.351 e. The molecule has 0 spiro atoms. The number of rotatable bonds is 2. The Hall–Kier alpha value is -1.32. The van der Waals surface area contributed by atoms with Gasteiger partial charge in [0, 0.05) is 19.2 Å². The van der Waals surface area contributed by atoms with Crippen LogP contribution in [0.15, 0.2) is 10.6 Å². The first-order chi connectivity index (χ1) is 7.68. The van der Waals surface area contributed by atoms with Crippen molar-refractivity contribution in [3.63, 3.8) is 0 Å². The number of nitrogens with zero attached hydrogens (tertiary/aromatic N) is 2. The molecule has 0 radical (unpaired) electrons. The van der Waals surface area contributed by atoms with Gasteiger partial charge in [0.1, 0.15) is 0 Å². The average Bonchev–Trinajstić information content (AvgIpc) is 2.78. The van der Waals surface area contributed by atoms with Crippen LogP contribution in [-0.4, -0.2) is 29.1 Å². The molecule has 2 rings (SSSR count). The van der Waals surface area contributed by atoms with Crippen LogP contribution in [-0.2, 0) is 0 Å². The minimum Gasteiger partial charge on any atom is -0.351 e. The Morgan fingerprint density at radius 2 is 2.06 bits per heavy atom. The molecule has 0 aliphatic carbocycles. The lowest BCUT2D eigenvalue weighted by molar-refractivity contribution is 0.0682. The van der Waals surface area contributed by atoms with Gasteiger partial charge in [-0.2, -0.15) is 0 Å². The number of aromatic nitrogens is 1. The van der Waals surface area contributed by atoms with Crippen molar-refractivity contribution in [2.45, 2.75) is 39.0 Å². The predicted molar refractivity (Wildman–Crippen MR) is 60.3 cm³/mol. The molecule has 1 aliphatic rings. The molecule has 1 amide bonds. The van der Waals surface area contributed by atoms with Crippen molar-refractivity contribution in [2.24, 2.45) is 0 Å². The van der Waals surface area contributed by atoms with Crippen LogP contribution in [0.25, 0.3) is 0 Å². The Labute approximate surface area is 95.6 Å². The van der Waals surface area contributed by atoms with Crippen LogP contribution in [0.3, 0.4) is 0 Å². The fraction of sp³-hybridized carbons (Fsp3) is 0.667. The fourth-order valence-corrected chi connectivity index (χ4v) is 1.91. The molecule has 4 nitrogen and oxygen atoms in total. The second-order valence-electron chi connectivity index (χ2n) is 4.62. The van der Waals surface area contributed by atoms with Gasteiger partial charge in [0.25, 0.3) is 5.91 Å². The minimum absolute atomic E-state index is 0.0147. The molecule has 0 saturated carbocycles. The highest BCUT2D eigenvalue weighted by atomic mass is 16.5. The van der Waals surface area contributed by atoms with Crippen molar-refractivity contribution in [2.75, 3.05) is 13.1 Å². The molecule has 0 bridgehead atoms. The lowest BCUT2D eigenvalue weighted by atomic mass is 10.1. The highest BCUT2D eigenvalue weighted by molar-refractivity contribution is 5.91. The van der Waals surface area contributed by atoms with Gasteiger partial charge < -0.3 is 9.42 Å². The summed E-state index contributed by atoms with van der Waals surface area (Å²) in [6, 6.07) is 1.77. The molecule has 16 heavy (non-hydrogen) atoms. The summed E-state index contributed by atoms with van der Waals surface area (Å²) < 4.78 is 5.10. The smallest absolute Gasteiger partial charge is 0.292 e. The van der Waals surface area contributed by atoms with E-state index >= 15 is 0 Å². The first kappa shape index (κ1) is 11.2. The van der Waals surface area contributed by atoms with Gasteiger partial charge >= 0.3 is 0 Å². The van der Waals surface area contributed by atoms with Gasteiger partial charge in [-0.25, -0.2) is 0 Å². The Morgan fingerprint density at radius 3 is 2.62 bits per heavy atom. The molecule has 1 fully saturated rings. The van der Waals surface area contributed by atoms with Crippen molar-refractivity contribution in [3.8, 4) is 0 Å². The highest BCUT2D eigenvalue weighted by Gasteiger charge is 2.22. The van der Waals surface area contributed by atoms with Crippen LogP contribution in [0.5, 0.6) is 0 Å². The van der Waals surface area contributed by atoms with E-state index < -0.39 is 0 Å². The van der Waals surface area contributed by atoms with Crippen molar-refractivity contribution in [3.05, 3.63) is 17.5 Å². The number of hydrogen-bond acceptors (Lipinski definition) is 3. The maximum absolute atomic E-state index is 12.0. The first-order valence-electron chi connectivity index (χ1n) is 5.94. The van der Waals surface area contributed by atoms with Crippen molar-refractivity contribution in [1.29, 1.82) is 0 Å². The zero-order valence-corrected chi connectivity index (χ0v) is 9.90. The van der Waals surface area contributed by atoms with E-state index in [0.29, 0.717) is 11.7 Å². The summed E-state index contributed by atoms with van der Waals surface area (Å²) >= 11 is 0. The van der Waals surface area contributed by atoms with E-state index in [4.69, 9.17) is 4.52 Å². The number of carbonyl (C=O) groups excluding carboxylic acids is 1. The molecule has 0 N–H and O–H groups in total. The van der Waals surface area contributed by atoms with E-state index in [1.807, 2.05) is 18.7 Å². The Bertz CT molecular complexity index is 365. The number of piperidine rings is 1. The lowest BCUT2D eigenvalue weighted by Gasteiger charge is -2.25. The third kappa shape index (κ3) is 2.26. The Morgan fingerprint density at radius 1 is 1.38 bits per heavy atom. The van der Waals surface area contributed by atoms with E-state index in [1.165, 1.54) is 6.42 Å². The highest BCUT2D eigenvalue weighted by Crippen LogP contribution is 2.17. The zero-order chi connectivity index (χ0) is 11.5. The maximum atomic E-state index is 12.0. The van der Waals surface area contributed by atoms with Crippen LogP contribution in [0.2, 0.25) is 0 Å². The van der Waals surface area contributed by atoms with Crippen LogP contribution in [0, 0.1) is 0 Å². The second kappa shape index (κ2) is 4.68. The quantitative estimate of drug-likeness (QED) is 0.772. The van der Waals surface area contributed by atoms with Gasteiger partial charge in [-0.3, -0.25) is 4.79 Å². The van der Waals surface area contributed by atoms with Crippen molar-refractivity contribution in [1.82, 2.24) is 10.1 Å². The Kier molecular flexibility index (Phi) is 3.27.